The molecule has 0 aromatic heterocycles. The van der Waals surface area contributed by atoms with Crippen LogP contribution in [0.4, 0.5) is 32.0 Å². The summed E-state index contributed by atoms with van der Waals surface area (Å²) in [5.41, 5.74) is -4.40. The molecule has 2 aliphatic heterocycles. The quantitative estimate of drug-likeness (QED) is 0.208. The normalized spacial score (nSPS) is 17.0. The zero-order valence-electron chi connectivity index (χ0n) is 23.3. The SMILES string of the molecule is COCC(=O)N1CCC(Nc2cccc(Sc3ccc(C(=O)C=CN4CCOCC4)c(C(F)(F)F)c3C(F)(F)F)c2)CC1. The maximum absolute atomic E-state index is 14.3. The van der Waals surface area contributed by atoms with Gasteiger partial charge in [-0.2, -0.15) is 26.3 Å². The lowest BCUT2D eigenvalue weighted by Gasteiger charge is -2.32. The van der Waals surface area contributed by atoms with Crippen molar-refractivity contribution in [3.05, 3.63) is 65.4 Å². The number of methoxy groups -OCH3 is 1. The second-order valence-electron chi connectivity index (χ2n) is 10.0. The number of allylic oxidation sites excluding steroid dienone is 1. The largest absolute Gasteiger partial charge is 0.418 e. The molecule has 0 bridgehead atoms. The molecule has 1 N–H and O–H groups in total. The number of halogens is 6. The second kappa shape index (κ2) is 14.0. The fraction of sp³-hybridized carbons (Fsp3) is 0.448. The van der Waals surface area contributed by atoms with Gasteiger partial charge in [-0.15, -0.1) is 0 Å². The van der Waals surface area contributed by atoms with Gasteiger partial charge in [-0.05, 0) is 43.2 Å². The number of anilines is 1. The Labute approximate surface area is 249 Å². The molecule has 0 spiro atoms. The molecule has 0 radical (unpaired) electrons. The van der Waals surface area contributed by atoms with Crippen molar-refractivity contribution in [2.75, 3.05) is 58.4 Å². The summed E-state index contributed by atoms with van der Waals surface area (Å²) in [7, 11) is 1.44. The molecular weight excluding hydrogens is 600 g/mol. The number of nitrogens with one attached hydrogen (secondary N) is 1. The molecule has 0 saturated carbocycles. The first-order valence-corrected chi connectivity index (χ1v) is 14.4. The van der Waals surface area contributed by atoms with Crippen LogP contribution in [-0.4, -0.2) is 80.6 Å². The summed E-state index contributed by atoms with van der Waals surface area (Å²) in [5.74, 6) is -1.29. The number of benzene rings is 2. The van der Waals surface area contributed by atoms with E-state index in [-0.39, 0.29) is 23.5 Å². The summed E-state index contributed by atoms with van der Waals surface area (Å²) in [5, 5.41) is 3.30. The smallest absolute Gasteiger partial charge is 0.382 e. The number of ketones is 1. The number of rotatable bonds is 9. The van der Waals surface area contributed by atoms with Gasteiger partial charge in [0.05, 0.1) is 24.3 Å². The molecular formula is C29H31F6N3O4S. The first kappa shape index (κ1) is 32.7. The zero-order valence-corrected chi connectivity index (χ0v) is 24.1. The van der Waals surface area contributed by atoms with Gasteiger partial charge in [-0.25, -0.2) is 0 Å². The molecule has 2 saturated heterocycles. The lowest BCUT2D eigenvalue weighted by Crippen LogP contribution is -2.43. The minimum absolute atomic E-state index is 0.00634. The molecule has 0 atom stereocenters. The summed E-state index contributed by atoms with van der Waals surface area (Å²) in [4.78, 5) is 27.7. The fourth-order valence-electron chi connectivity index (χ4n) is 4.94. The average Bonchev–Trinajstić information content (AvgIpc) is 2.96. The summed E-state index contributed by atoms with van der Waals surface area (Å²) < 4.78 is 95.5. The Balaban J connectivity index is 1.57. The highest BCUT2D eigenvalue weighted by atomic mass is 32.2. The van der Waals surface area contributed by atoms with E-state index in [1.54, 1.807) is 28.0 Å². The van der Waals surface area contributed by atoms with Crippen LogP contribution in [0.15, 0.2) is 58.5 Å². The molecule has 7 nitrogen and oxygen atoms in total. The van der Waals surface area contributed by atoms with Crippen molar-refractivity contribution >= 4 is 29.1 Å². The molecule has 0 aliphatic carbocycles. The third-order valence-corrected chi connectivity index (χ3v) is 8.08. The molecule has 14 heteroatoms. The number of alkyl halides is 6. The molecule has 2 aromatic rings. The van der Waals surface area contributed by atoms with Crippen molar-refractivity contribution in [3.63, 3.8) is 0 Å². The number of amides is 1. The maximum Gasteiger partial charge on any atom is 0.418 e. The molecule has 2 fully saturated rings. The van der Waals surface area contributed by atoms with Crippen LogP contribution in [0.3, 0.4) is 0 Å². The van der Waals surface area contributed by atoms with Crippen molar-refractivity contribution in [2.45, 2.75) is 41.0 Å². The van der Waals surface area contributed by atoms with Crippen molar-refractivity contribution in [1.82, 2.24) is 9.80 Å². The van der Waals surface area contributed by atoms with Gasteiger partial charge >= 0.3 is 12.4 Å². The first-order valence-electron chi connectivity index (χ1n) is 13.5. The van der Waals surface area contributed by atoms with Gasteiger partial charge in [0.2, 0.25) is 5.91 Å². The van der Waals surface area contributed by atoms with Crippen LogP contribution in [-0.2, 0) is 26.6 Å². The van der Waals surface area contributed by atoms with E-state index < -0.39 is 39.7 Å². The number of carbonyl (C=O) groups is 2. The predicted octanol–water partition coefficient (Wildman–Crippen LogP) is 5.95. The number of hydrogen-bond donors (Lipinski definition) is 1. The highest BCUT2D eigenvalue weighted by molar-refractivity contribution is 7.99. The van der Waals surface area contributed by atoms with Crippen molar-refractivity contribution in [2.24, 2.45) is 0 Å². The molecule has 234 valence electrons. The monoisotopic (exact) mass is 631 g/mol. The molecule has 0 unspecified atom stereocenters. The van der Waals surface area contributed by atoms with E-state index in [0.29, 0.717) is 69.7 Å². The lowest BCUT2D eigenvalue weighted by atomic mass is 9.96. The minimum Gasteiger partial charge on any atom is -0.382 e. The number of carbonyl (C=O) groups excluding carboxylic acids is 2. The van der Waals surface area contributed by atoms with Gasteiger partial charge in [-0.1, -0.05) is 17.8 Å². The van der Waals surface area contributed by atoms with Crippen molar-refractivity contribution in [3.8, 4) is 0 Å². The predicted molar refractivity (Wildman–Crippen MR) is 148 cm³/mol. The lowest BCUT2D eigenvalue weighted by molar-refractivity contribution is -0.163. The number of ether oxygens (including phenoxy) is 2. The van der Waals surface area contributed by atoms with Crippen molar-refractivity contribution < 1.29 is 45.4 Å². The van der Waals surface area contributed by atoms with E-state index in [4.69, 9.17) is 9.47 Å². The van der Waals surface area contributed by atoms with Crippen LogP contribution in [0.2, 0.25) is 0 Å². The van der Waals surface area contributed by atoms with E-state index in [2.05, 4.69) is 5.32 Å². The summed E-state index contributed by atoms with van der Waals surface area (Å²) >= 11 is 0.536. The van der Waals surface area contributed by atoms with Gasteiger partial charge < -0.3 is 24.6 Å². The average molecular weight is 632 g/mol. The topological polar surface area (TPSA) is 71.1 Å². The number of nitrogens with zero attached hydrogens (tertiary/aromatic N) is 2. The van der Waals surface area contributed by atoms with Gasteiger partial charge in [0.1, 0.15) is 6.61 Å². The third-order valence-electron chi connectivity index (χ3n) is 7.03. The minimum atomic E-state index is -5.44. The van der Waals surface area contributed by atoms with Gasteiger partial charge in [0.25, 0.3) is 0 Å². The Hall–Kier alpha value is -3.23. The van der Waals surface area contributed by atoms with E-state index in [0.717, 1.165) is 18.2 Å². The van der Waals surface area contributed by atoms with E-state index in [1.165, 1.54) is 19.4 Å². The number of morpholine rings is 1. The number of piperidine rings is 1. The molecule has 4 rings (SSSR count). The highest BCUT2D eigenvalue weighted by Gasteiger charge is 2.47. The summed E-state index contributed by atoms with van der Waals surface area (Å²) in [6.07, 6.45) is -7.43. The summed E-state index contributed by atoms with van der Waals surface area (Å²) in [6.45, 7) is 2.55. The van der Waals surface area contributed by atoms with Gasteiger partial charge in [0, 0.05) is 72.6 Å². The van der Waals surface area contributed by atoms with Gasteiger partial charge in [0.15, 0.2) is 5.78 Å². The number of hydrogen-bond acceptors (Lipinski definition) is 7. The first-order chi connectivity index (χ1) is 20.4. The Morgan fingerprint density at radius 3 is 2.30 bits per heavy atom. The standard InChI is InChI=1S/C29H31F6N3O4S/c1-41-18-25(40)38-11-7-19(8-12-38)36-20-3-2-4-21(17-20)43-24-6-5-22(23(39)9-10-37-13-15-42-16-14-37)26(28(30,31)32)27(24)29(33,34)35/h2-6,9-10,17,19,36H,7-8,11-16,18H2,1H3. The van der Waals surface area contributed by atoms with E-state index in [1.807, 2.05) is 0 Å². The van der Waals surface area contributed by atoms with Gasteiger partial charge in [-0.3, -0.25) is 9.59 Å². The Morgan fingerprint density at radius 2 is 1.67 bits per heavy atom. The van der Waals surface area contributed by atoms with Crippen LogP contribution >= 0.6 is 11.8 Å². The highest BCUT2D eigenvalue weighted by Crippen LogP contribution is 2.48. The fourth-order valence-corrected chi connectivity index (χ4v) is 5.98. The van der Waals surface area contributed by atoms with Crippen LogP contribution < -0.4 is 5.32 Å². The molecule has 2 heterocycles. The zero-order chi connectivity index (χ0) is 31.2. The van der Waals surface area contributed by atoms with E-state index in [9.17, 15) is 35.9 Å². The molecule has 2 aromatic carbocycles. The second-order valence-corrected chi connectivity index (χ2v) is 11.2. The number of likely N-dealkylation sites (tertiary alicyclic amines) is 1. The third kappa shape index (κ3) is 8.67. The molecule has 43 heavy (non-hydrogen) atoms. The Morgan fingerprint density at radius 1 is 1.00 bits per heavy atom. The summed E-state index contributed by atoms with van der Waals surface area (Å²) in [6, 6.07) is 8.06. The van der Waals surface area contributed by atoms with Crippen LogP contribution in [0, 0.1) is 0 Å². The van der Waals surface area contributed by atoms with Crippen LogP contribution in [0.5, 0.6) is 0 Å². The van der Waals surface area contributed by atoms with Crippen LogP contribution in [0.1, 0.15) is 34.3 Å². The molecule has 2 aliphatic rings. The Bertz CT molecular complexity index is 1320. The van der Waals surface area contributed by atoms with Crippen LogP contribution in [0.25, 0.3) is 0 Å². The maximum atomic E-state index is 14.3. The van der Waals surface area contributed by atoms with Crippen molar-refractivity contribution in [1.29, 1.82) is 0 Å². The van der Waals surface area contributed by atoms with E-state index >= 15 is 0 Å². The Kier molecular flexibility index (Phi) is 10.7. The molecule has 1 amide bonds.